The molecule has 0 aliphatic carbocycles. The fourth-order valence-electron chi connectivity index (χ4n) is 2.23. The highest BCUT2D eigenvalue weighted by Gasteiger charge is 2.28. The Morgan fingerprint density at radius 3 is 2.86 bits per heavy atom. The summed E-state index contributed by atoms with van der Waals surface area (Å²) >= 11 is 1.35. The van der Waals surface area contributed by atoms with Crippen molar-refractivity contribution in [2.75, 3.05) is 44.3 Å². The third-order valence-corrected chi connectivity index (χ3v) is 4.77. The van der Waals surface area contributed by atoms with E-state index in [4.69, 9.17) is 5.73 Å². The zero-order chi connectivity index (χ0) is 15.6. The second-order valence-corrected chi connectivity index (χ2v) is 7.09. The molecule has 1 aromatic rings. The first kappa shape index (κ1) is 16.0. The van der Waals surface area contributed by atoms with Crippen molar-refractivity contribution in [1.82, 2.24) is 14.8 Å². The number of rotatable bonds is 4. The van der Waals surface area contributed by atoms with Crippen LogP contribution in [-0.4, -0.2) is 60.0 Å². The van der Waals surface area contributed by atoms with E-state index in [1.54, 1.807) is 0 Å². The summed E-state index contributed by atoms with van der Waals surface area (Å²) in [5, 5.41) is 3.96. The first-order valence-electron chi connectivity index (χ1n) is 7.38. The normalized spacial score (nSPS) is 20.0. The Bertz CT molecular complexity index is 502. The van der Waals surface area contributed by atoms with Crippen LogP contribution in [0.1, 0.15) is 30.4 Å². The first-order valence-corrected chi connectivity index (χ1v) is 8.19. The maximum atomic E-state index is 12.6. The molecular weight excluding hydrogens is 286 g/mol. The Morgan fingerprint density at radius 2 is 2.24 bits per heavy atom. The van der Waals surface area contributed by atoms with Crippen molar-refractivity contribution in [3.8, 4) is 0 Å². The summed E-state index contributed by atoms with van der Waals surface area (Å²) in [6.07, 6.45) is 0. The largest absolute Gasteiger partial charge is 0.382 e. The summed E-state index contributed by atoms with van der Waals surface area (Å²) in [6, 6.07) is 0.371. The van der Waals surface area contributed by atoms with E-state index in [2.05, 4.69) is 43.0 Å². The van der Waals surface area contributed by atoms with Gasteiger partial charge in [-0.25, -0.2) is 4.98 Å². The van der Waals surface area contributed by atoms with Gasteiger partial charge in [0.05, 0.1) is 0 Å². The van der Waals surface area contributed by atoms with Gasteiger partial charge in [0.25, 0.3) is 5.91 Å². The SMILES string of the molecule is CC(C)CNc1nc(N)c(C(=O)N2CCN(C)C(C)C2)s1. The Kier molecular flexibility index (Phi) is 5.05. The number of carbonyl (C=O) groups excluding carboxylic acids is 1. The van der Waals surface area contributed by atoms with E-state index in [0.29, 0.717) is 22.7 Å². The summed E-state index contributed by atoms with van der Waals surface area (Å²) in [5.41, 5.74) is 5.92. The van der Waals surface area contributed by atoms with E-state index in [1.165, 1.54) is 11.3 Å². The Morgan fingerprint density at radius 1 is 1.52 bits per heavy atom. The fraction of sp³-hybridized carbons (Fsp3) is 0.714. The molecule has 1 aromatic heterocycles. The summed E-state index contributed by atoms with van der Waals surface area (Å²) in [5.74, 6) is 0.859. The molecule has 0 aromatic carbocycles. The van der Waals surface area contributed by atoms with Crippen molar-refractivity contribution in [1.29, 1.82) is 0 Å². The third kappa shape index (κ3) is 3.85. The maximum Gasteiger partial charge on any atom is 0.267 e. The van der Waals surface area contributed by atoms with Gasteiger partial charge >= 0.3 is 0 Å². The molecule has 1 aliphatic heterocycles. The van der Waals surface area contributed by atoms with Gasteiger partial charge < -0.3 is 20.9 Å². The zero-order valence-corrected chi connectivity index (χ0v) is 14.0. The Balaban J connectivity index is 2.05. The van der Waals surface area contributed by atoms with Crippen LogP contribution in [0.15, 0.2) is 0 Å². The number of likely N-dealkylation sites (N-methyl/N-ethyl adjacent to an activating group) is 1. The third-order valence-electron chi connectivity index (χ3n) is 3.76. The van der Waals surface area contributed by atoms with Crippen LogP contribution in [0.25, 0.3) is 0 Å². The first-order chi connectivity index (χ1) is 9.88. The number of thiazole rings is 1. The molecule has 7 heteroatoms. The molecule has 0 radical (unpaired) electrons. The van der Waals surface area contributed by atoms with Crippen molar-refractivity contribution >= 4 is 28.2 Å². The van der Waals surface area contributed by atoms with E-state index in [-0.39, 0.29) is 5.91 Å². The van der Waals surface area contributed by atoms with Crippen LogP contribution in [0.5, 0.6) is 0 Å². The lowest BCUT2D eigenvalue weighted by Gasteiger charge is -2.37. The van der Waals surface area contributed by atoms with E-state index in [1.807, 2.05) is 4.90 Å². The molecule has 1 unspecified atom stereocenters. The molecule has 0 spiro atoms. The quantitative estimate of drug-likeness (QED) is 0.883. The molecule has 21 heavy (non-hydrogen) atoms. The molecule has 3 N–H and O–H groups in total. The number of carbonyl (C=O) groups is 1. The van der Waals surface area contributed by atoms with Crippen LogP contribution in [0.4, 0.5) is 10.9 Å². The fourth-order valence-corrected chi connectivity index (χ4v) is 3.09. The standard InChI is InChI=1S/C14H25N5OS/c1-9(2)7-16-14-17-12(15)11(21-14)13(20)19-6-5-18(4)10(3)8-19/h9-10H,5-8,15H2,1-4H3,(H,16,17). The second-order valence-electron chi connectivity index (χ2n) is 6.09. The van der Waals surface area contributed by atoms with Crippen LogP contribution < -0.4 is 11.1 Å². The number of nitrogen functional groups attached to an aromatic ring is 1. The number of nitrogens with two attached hydrogens (primary N) is 1. The lowest BCUT2D eigenvalue weighted by molar-refractivity contribution is 0.0578. The molecule has 1 atom stereocenters. The molecule has 1 fully saturated rings. The van der Waals surface area contributed by atoms with Crippen LogP contribution >= 0.6 is 11.3 Å². The molecule has 2 rings (SSSR count). The lowest BCUT2D eigenvalue weighted by atomic mass is 10.2. The number of hydrogen-bond donors (Lipinski definition) is 2. The minimum Gasteiger partial charge on any atom is -0.382 e. The van der Waals surface area contributed by atoms with Gasteiger partial charge in [-0.1, -0.05) is 25.2 Å². The van der Waals surface area contributed by atoms with Gasteiger partial charge in [0.2, 0.25) is 0 Å². The van der Waals surface area contributed by atoms with Gasteiger partial charge in [0.1, 0.15) is 10.7 Å². The van der Waals surface area contributed by atoms with Crippen LogP contribution in [0.3, 0.4) is 0 Å². The van der Waals surface area contributed by atoms with Gasteiger partial charge in [0, 0.05) is 32.2 Å². The molecule has 0 saturated carbocycles. The summed E-state index contributed by atoms with van der Waals surface area (Å²) in [4.78, 5) is 21.5. The smallest absolute Gasteiger partial charge is 0.267 e. The van der Waals surface area contributed by atoms with Crippen molar-refractivity contribution in [3.05, 3.63) is 4.88 Å². The summed E-state index contributed by atoms with van der Waals surface area (Å²) in [6.45, 7) is 9.58. The minimum absolute atomic E-state index is 0.00236. The number of aromatic nitrogens is 1. The van der Waals surface area contributed by atoms with E-state index in [9.17, 15) is 4.79 Å². The number of hydrogen-bond acceptors (Lipinski definition) is 6. The van der Waals surface area contributed by atoms with Crippen LogP contribution in [0, 0.1) is 5.92 Å². The lowest BCUT2D eigenvalue weighted by Crippen LogP contribution is -2.51. The van der Waals surface area contributed by atoms with Crippen molar-refractivity contribution in [2.24, 2.45) is 5.92 Å². The molecule has 1 saturated heterocycles. The monoisotopic (exact) mass is 311 g/mol. The molecule has 0 bridgehead atoms. The van der Waals surface area contributed by atoms with E-state index in [0.717, 1.165) is 31.3 Å². The molecular formula is C14H25N5OS. The average Bonchev–Trinajstić information content (AvgIpc) is 2.80. The predicted molar refractivity (Wildman–Crippen MR) is 87.8 cm³/mol. The molecule has 118 valence electrons. The topological polar surface area (TPSA) is 74.5 Å². The highest BCUT2D eigenvalue weighted by Crippen LogP contribution is 2.27. The van der Waals surface area contributed by atoms with Crippen LogP contribution in [0.2, 0.25) is 0 Å². The van der Waals surface area contributed by atoms with Crippen molar-refractivity contribution < 1.29 is 4.79 Å². The number of nitrogens with one attached hydrogen (secondary N) is 1. The van der Waals surface area contributed by atoms with Gasteiger partial charge in [-0.05, 0) is 19.9 Å². The number of anilines is 2. The minimum atomic E-state index is 0.00236. The van der Waals surface area contributed by atoms with Crippen molar-refractivity contribution in [2.45, 2.75) is 26.8 Å². The van der Waals surface area contributed by atoms with Gasteiger partial charge in [-0.15, -0.1) is 0 Å². The molecule has 6 nitrogen and oxygen atoms in total. The van der Waals surface area contributed by atoms with Gasteiger partial charge in [-0.3, -0.25) is 4.79 Å². The average molecular weight is 311 g/mol. The molecule has 1 aliphatic rings. The van der Waals surface area contributed by atoms with E-state index < -0.39 is 0 Å². The molecule has 1 amide bonds. The van der Waals surface area contributed by atoms with Gasteiger partial charge in [-0.2, -0.15) is 0 Å². The predicted octanol–water partition coefficient (Wildman–Crippen LogP) is 1.57. The zero-order valence-electron chi connectivity index (χ0n) is 13.2. The van der Waals surface area contributed by atoms with Crippen molar-refractivity contribution in [3.63, 3.8) is 0 Å². The highest BCUT2D eigenvalue weighted by molar-refractivity contribution is 7.18. The van der Waals surface area contributed by atoms with E-state index >= 15 is 0 Å². The maximum absolute atomic E-state index is 12.6. The number of nitrogens with zero attached hydrogens (tertiary/aromatic N) is 3. The van der Waals surface area contributed by atoms with Gasteiger partial charge in [0.15, 0.2) is 5.13 Å². The second kappa shape index (κ2) is 6.62. The summed E-state index contributed by atoms with van der Waals surface area (Å²) in [7, 11) is 2.08. The Labute approximate surface area is 130 Å². The summed E-state index contributed by atoms with van der Waals surface area (Å²) < 4.78 is 0. The highest BCUT2D eigenvalue weighted by atomic mass is 32.1. The number of piperazine rings is 1. The van der Waals surface area contributed by atoms with Crippen LogP contribution in [-0.2, 0) is 0 Å². The number of amides is 1. The molecule has 2 heterocycles. The Hall–Kier alpha value is -1.34.